The van der Waals surface area contributed by atoms with Gasteiger partial charge in [0.1, 0.15) is 11.8 Å². The first-order valence-corrected chi connectivity index (χ1v) is 10.5. The van der Waals surface area contributed by atoms with Crippen molar-refractivity contribution in [2.24, 2.45) is 0 Å². The van der Waals surface area contributed by atoms with E-state index in [-0.39, 0.29) is 23.0 Å². The molecule has 0 fully saturated rings. The van der Waals surface area contributed by atoms with E-state index in [1.165, 1.54) is 18.2 Å². The van der Waals surface area contributed by atoms with Gasteiger partial charge >= 0.3 is 0 Å². The minimum Gasteiger partial charge on any atom is -0.480 e. The van der Waals surface area contributed by atoms with Gasteiger partial charge in [0.25, 0.3) is 5.91 Å². The van der Waals surface area contributed by atoms with Gasteiger partial charge in [-0.3, -0.25) is 4.79 Å². The van der Waals surface area contributed by atoms with Crippen LogP contribution in [0, 0.1) is 17.1 Å². The van der Waals surface area contributed by atoms with Crippen molar-refractivity contribution >= 4 is 5.91 Å². The number of aromatic nitrogens is 2. The summed E-state index contributed by atoms with van der Waals surface area (Å²) in [5.74, 6) is -0.292. The molecule has 0 spiro atoms. The number of methoxy groups -OCH3 is 1. The number of carbonyl (C=O) groups is 1. The molecule has 1 aliphatic heterocycles. The Balaban J connectivity index is 1.36. The lowest BCUT2D eigenvalue weighted by Crippen LogP contribution is -2.23. The fraction of sp³-hybridized carbons (Fsp3) is 0.115. The number of para-hydroxylation sites is 1. The van der Waals surface area contributed by atoms with E-state index in [1.54, 1.807) is 34.9 Å². The highest BCUT2D eigenvalue weighted by Gasteiger charge is 2.31. The van der Waals surface area contributed by atoms with Gasteiger partial charge < -0.3 is 14.4 Å². The van der Waals surface area contributed by atoms with Crippen LogP contribution in [0.25, 0.3) is 5.69 Å². The lowest BCUT2D eigenvalue weighted by atomic mass is 10.1. The van der Waals surface area contributed by atoms with E-state index in [9.17, 15) is 14.4 Å². The van der Waals surface area contributed by atoms with Crippen molar-refractivity contribution in [2.75, 3.05) is 7.11 Å². The molecule has 1 aromatic heterocycles. The molecule has 5 rings (SSSR count). The maximum Gasteiger partial charge on any atom is 0.258 e. The second kappa shape index (κ2) is 8.71. The van der Waals surface area contributed by atoms with Crippen molar-refractivity contribution in [3.63, 3.8) is 0 Å². The predicted molar refractivity (Wildman–Crippen MR) is 121 cm³/mol. The van der Waals surface area contributed by atoms with E-state index in [0.29, 0.717) is 24.5 Å². The first-order chi connectivity index (χ1) is 16.6. The topological polar surface area (TPSA) is 80.4 Å². The molecular formula is C26H19FN4O3. The summed E-state index contributed by atoms with van der Waals surface area (Å²) in [7, 11) is 1.57. The summed E-state index contributed by atoms with van der Waals surface area (Å²) in [5, 5.41) is 13.6. The second-order valence-corrected chi connectivity index (χ2v) is 7.75. The summed E-state index contributed by atoms with van der Waals surface area (Å²) in [6.45, 7) is 0.810. The minimum absolute atomic E-state index is 0.0646. The number of fused-ring (bicyclic) bond motifs is 1. The van der Waals surface area contributed by atoms with Crippen LogP contribution in [0.3, 0.4) is 0 Å². The monoisotopic (exact) mass is 454 g/mol. The summed E-state index contributed by atoms with van der Waals surface area (Å²) in [4.78, 5) is 14.9. The standard InChI is InChI=1S/C26H19FN4O3/c1-33-23-12-13-31(29-23)20-10-8-17(9-11-20)15-30-16-19-5-3-7-22(24(19)26(30)32)34-25-18(14-28)4-2-6-21(25)27/h2-13H,15-16H2,1H3. The number of nitriles is 1. The van der Waals surface area contributed by atoms with Crippen molar-refractivity contribution in [3.05, 3.63) is 101 Å². The number of benzene rings is 3. The van der Waals surface area contributed by atoms with Crippen LogP contribution < -0.4 is 9.47 Å². The van der Waals surface area contributed by atoms with Crippen LogP contribution in [-0.4, -0.2) is 27.7 Å². The molecule has 34 heavy (non-hydrogen) atoms. The third-order valence-electron chi connectivity index (χ3n) is 5.62. The van der Waals surface area contributed by atoms with E-state index in [4.69, 9.17) is 9.47 Å². The van der Waals surface area contributed by atoms with Crippen molar-refractivity contribution in [2.45, 2.75) is 13.1 Å². The minimum atomic E-state index is -0.658. The predicted octanol–water partition coefficient (Wildman–Crippen LogP) is 4.84. The van der Waals surface area contributed by atoms with Crippen molar-refractivity contribution in [1.29, 1.82) is 5.26 Å². The largest absolute Gasteiger partial charge is 0.480 e. The SMILES string of the molecule is COc1ccn(-c2ccc(CN3Cc4cccc(Oc5c(F)cccc5C#N)c4C3=O)cc2)n1. The van der Waals surface area contributed by atoms with E-state index >= 15 is 0 Å². The molecule has 0 saturated heterocycles. The Morgan fingerprint density at radius 1 is 1.09 bits per heavy atom. The van der Waals surface area contributed by atoms with Crippen LogP contribution in [0.1, 0.15) is 27.0 Å². The maximum atomic E-state index is 14.3. The smallest absolute Gasteiger partial charge is 0.258 e. The Kier molecular flexibility index (Phi) is 5.44. The van der Waals surface area contributed by atoms with Crippen LogP contribution in [0.4, 0.5) is 4.39 Å². The molecular weight excluding hydrogens is 435 g/mol. The third-order valence-corrected chi connectivity index (χ3v) is 5.62. The van der Waals surface area contributed by atoms with Crippen LogP contribution in [-0.2, 0) is 13.1 Å². The molecule has 168 valence electrons. The quantitative estimate of drug-likeness (QED) is 0.417. The molecule has 4 aromatic rings. The van der Waals surface area contributed by atoms with E-state index in [2.05, 4.69) is 5.10 Å². The Morgan fingerprint density at radius 3 is 2.62 bits per heavy atom. The Bertz CT molecular complexity index is 1420. The molecule has 0 bridgehead atoms. The van der Waals surface area contributed by atoms with Crippen LogP contribution in [0.5, 0.6) is 17.4 Å². The summed E-state index contributed by atoms with van der Waals surface area (Å²) in [6, 6.07) is 20.8. The number of carbonyl (C=O) groups excluding carboxylic acids is 1. The molecule has 3 aromatic carbocycles. The number of hydrogen-bond acceptors (Lipinski definition) is 5. The number of hydrogen-bond donors (Lipinski definition) is 0. The first kappa shape index (κ1) is 21.2. The van der Waals surface area contributed by atoms with Crippen LogP contribution in [0.2, 0.25) is 0 Å². The summed E-state index contributed by atoms with van der Waals surface area (Å²) < 4.78 is 26.9. The molecule has 1 amide bonds. The van der Waals surface area contributed by atoms with E-state index in [0.717, 1.165) is 16.8 Å². The van der Waals surface area contributed by atoms with Crippen LogP contribution >= 0.6 is 0 Å². The average Bonchev–Trinajstić information content (AvgIpc) is 3.46. The third kappa shape index (κ3) is 3.84. The fourth-order valence-electron chi connectivity index (χ4n) is 3.94. The molecule has 0 aliphatic carbocycles. The number of amides is 1. The highest BCUT2D eigenvalue weighted by molar-refractivity contribution is 6.01. The first-order valence-electron chi connectivity index (χ1n) is 10.5. The summed E-state index contributed by atoms with van der Waals surface area (Å²) in [5.41, 5.74) is 3.06. The Morgan fingerprint density at radius 2 is 1.88 bits per heavy atom. The fourth-order valence-corrected chi connectivity index (χ4v) is 3.94. The van der Waals surface area contributed by atoms with Crippen molar-refractivity contribution in [3.8, 4) is 29.1 Å². The van der Waals surface area contributed by atoms with E-state index in [1.807, 2.05) is 42.6 Å². The average molecular weight is 454 g/mol. The van der Waals surface area contributed by atoms with Gasteiger partial charge in [0.2, 0.25) is 5.88 Å². The Labute approximate surface area is 195 Å². The number of halogens is 1. The highest BCUT2D eigenvalue weighted by atomic mass is 19.1. The highest BCUT2D eigenvalue weighted by Crippen LogP contribution is 2.36. The van der Waals surface area contributed by atoms with Gasteiger partial charge in [-0.2, -0.15) is 5.26 Å². The van der Waals surface area contributed by atoms with Gasteiger partial charge in [-0.25, -0.2) is 9.07 Å². The van der Waals surface area contributed by atoms with Gasteiger partial charge in [0.05, 0.1) is 23.9 Å². The van der Waals surface area contributed by atoms with E-state index < -0.39 is 5.82 Å². The zero-order valence-electron chi connectivity index (χ0n) is 18.2. The molecule has 0 unspecified atom stereocenters. The zero-order chi connectivity index (χ0) is 23.7. The zero-order valence-corrected chi connectivity index (χ0v) is 18.2. The molecule has 0 radical (unpaired) electrons. The molecule has 8 heteroatoms. The second-order valence-electron chi connectivity index (χ2n) is 7.75. The van der Waals surface area contributed by atoms with Crippen molar-refractivity contribution < 1.29 is 18.7 Å². The lowest BCUT2D eigenvalue weighted by molar-refractivity contribution is 0.0764. The lowest BCUT2D eigenvalue weighted by Gasteiger charge is -2.16. The van der Waals surface area contributed by atoms with Gasteiger partial charge in [-0.1, -0.05) is 30.3 Å². The molecule has 0 atom stereocenters. The summed E-state index contributed by atoms with van der Waals surface area (Å²) in [6.07, 6.45) is 1.81. The van der Waals surface area contributed by atoms with Gasteiger partial charge in [0.15, 0.2) is 11.6 Å². The number of rotatable bonds is 6. The number of ether oxygens (including phenoxy) is 2. The van der Waals surface area contributed by atoms with Crippen LogP contribution in [0.15, 0.2) is 72.9 Å². The number of nitrogens with zero attached hydrogens (tertiary/aromatic N) is 4. The molecule has 0 N–H and O–H groups in total. The maximum absolute atomic E-state index is 14.3. The molecule has 7 nitrogen and oxygen atoms in total. The normalized spacial score (nSPS) is 12.4. The van der Waals surface area contributed by atoms with Gasteiger partial charge in [-0.15, -0.1) is 5.10 Å². The Hall–Kier alpha value is -4.64. The summed E-state index contributed by atoms with van der Waals surface area (Å²) >= 11 is 0. The van der Waals surface area contributed by atoms with Gasteiger partial charge in [-0.05, 0) is 41.5 Å². The molecule has 0 saturated carbocycles. The van der Waals surface area contributed by atoms with Gasteiger partial charge in [0, 0.05) is 25.4 Å². The van der Waals surface area contributed by atoms with Crippen molar-refractivity contribution in [1.82, 2.24) is 14.7 Å². The molecule has 2 heterocycles. The molecule has 1 aliphatic rings.